The summed E-state index contributed by atoms with van der Waals surface area (Å²) in [5, 5.41) is 39.2. The van der Waals surface area contributed by atoms with Crippen molar-refractivity contribution in [1.82, 2.24) is 9.80 Å². The Balaban J connectivity index is 1.39. The van der Waals surface area contributed by atoms with Gasteiger partial charge in [-0.3, -0.25) is 19.2 Å². The SMILES string of the molecule is O=C(O)C1CCN(c2cccc(-c3cc(Sc4cc(-c5cccc(N6CCC(C(=O)O)CC6)c5)c(/C=C/C(=O)N5CCC(O)CC5)c(C(F)(F)F)c4C(F)(F)F)c(C(F)(F)F)c(C(F)(F)F)c3/C=C/C(=O)N3CCC(O)CC3)c2)CC1. The minimum atomic E-state index is -6.12. The molecule has 81 heavy (non-hydrogen) atoms. The Morgan fingerprint density at radius 3 is 1.07 bits per heavy atom. The monoisotopic (exact) mass is 1170 g/mol. The van der Waals surface area contributed by atoms with Crippen LogP contribution in [0.1, 0.15) is 84.7 Å². The number of aliphatic hydroxyl groups is 2. The molecule has 4 N–H and O–H groups in total. The molecule has 4 aromatic carbocycles. The van der Waals surface area contributed by atoms with Crippen LogP contribution in [0.5, 0.6) is 0 Å². The van der Waals surface area contributed by atoms with Crippen LogP contribution in [0.15, 0.2) is 82.6 Å². The first-order valence-corrected chi connectivity index (χ1v) is 26.7. The molecule has 0 radical (unpaired) electrons. The number of nitrogens with zero attached hydrogens (tertiary/aromatic N) is 4. The first-order valence-electron chi connectivity index (χ1n) is 25.8. The number of halogens is 12. The normalized spacial score (nSPS) is 18.1. The van der Waals surface area contributed by atoms with E-state index in [1.165, 1.54) is 48.5 Å². The molecule has 4 aliphatic rings. The van der Waals surface area contributed by atoms with E-state index in [-0.39, 0.29) is 126 Å². The highest BCUT2D eigenvalue weighted by atomic mass is 32.2. The number of alkyl halides is 12. The highest BCUT2D eigenvalue weighted by molar-refractivity contribution is 7.99. The van der Waals surface area contributed by atoms with E-state index in [9.17, 15) is 39.6 Å². The molecule has 0 saturated carbocycles. The quantitative estimate of drug-likeness (QED) is 0.0789. The lowest BCUT2D eigenvalue weighted by molar-refractivity contribution is -0.164. The van der Waals surface area contributed by atoms with Crippen LogP contribution in [0.25, 0.3) is 34.4 Å². The number of aliphatic hydroxyl groups excluding tert-OH is 2. The number of piperidine rings is 4. The number of carbonyl (C=O) groups excluding carboxylic acids is 2. The molecule has 436 valence electrons. The fourth-order valence-electron chi connectivity index (χ4n) is 10.8. The van der Waals surface area contributed by atoms with Crippen LogP contribution in [-0.4, -0.2) is 119 Å². The Morgan fingerprint density at radius 1 is 0.457 bits per heavy atom. The number of carboxylic acids is 2. The second-order valence-electron chi connectivity index (χ2n) is 20.3. The zero-order chi connectivity index (χ0) is 58.9. The summed E-state index contributed by atoms with van der Waals surface area (Å²) in [7, 11) is 0. The van der Waals surface area contributed by atoms with Gasteiger partial charge in [0.2, 0.25) is 11.8 Å². The van der Waals surface area contributed by atoms with E-state index < -0.39 is 139 Å². The maximum Gasteiger partial charge on any atom is 0.418 e. The number of rotatable bonds is 12. The number of carbonyl (C=O) groups is 4. The molecule has 2 amide bonds. The fraction of sp³-hybridized carbons (Fsp3) is 0.429. The van der Waals surface area contributed by atoms with Gasteiger partial charge in [0.1, 0.15) is 0 Å². The van der Waals surface area contributed by atoms with Crippen molar-refractivity contribution in [2.24, 2.45) is 11.8 Å². The number of aliphatic carboxylic acids is 2. The zero-order valence-corrected chi connectivity index (χ0v) is 43.7. The molecule has 4 fully saturated rings. The summed E-state index contributed by atoms with van der Waals surface area (Å²) < 4.78 is 190. The van der Waals surface area contributed by atoms with Gasteiger partial charge < -0.3 is 40.0 Å². The maximum atomic E-state index is 15.9. The maximum absolute atomic E-state index is 15.9. The molecule has 0 aromatic heterocycles. The molecule has 12 nitrogen and oxygen atoms in total. The standard InChI is InChI=1S/C56H54F12N4O8S/c57-53(58,59)47-39(7-9-45(75)71-23-15-37(73)16-24-71)41(33-3-1-5-35(27-33)69-19-11-31(12-20-69)51(77)78)29-43(49(47)55(63,64)65)81-44-30-42(34-4-2-6-36(28-34)70-21-13-32(14-22-70)52(79)80)40(48(54(60,61)62)50(44)56(66,67)68)8-10-46(76)72-25-17-38(74)18-26-72/h1-10,27-32,37-38,73-74H,11-26H2,(H,77,78)(H,79,80)/b9-7+,10-8+. The minimum Gasteiger partial charge on any atom is -0.481 e. The second-order valence-corrected chi connectivity index (χ2v) is 21.4. The Bertz CT molecular complexity index is 2870. The summed E-state index contributed by atoms with van der Waals surface area (Å²) >= 11 is -0.663. The Hall–Kier alpha value is -6.73. The molecule has 0 spiro atoms. The van der Waals surface area contributed by atoms with E-state index >= 15 is 52.7 Å². The van der Waals surface area contributed by atoms with Gasteiger partial charge in [-0.2, -0.15) is 52.7 Å². The lowest BCUT2D eigenvalue weighted by atomic mass is 9.89. The molecule has 4 heterocycles. The Kier molecular flexibility index (Phi) is 17.9. The number of amides is 2. The van der Waals surface area contributed by atoms with Crippen LogP contribution < -0.4 is 9.80 Å². The van der Waals surface area contributed by atoms with Gasteiger partial charge in [0.05, 0.1) is 46.3 Å². The van der Waals surface area contributed by atoms with Crippen molar-refractivity contribution in [1.29, 1.82) is 0 Å². The Labute approximate surface area is 460 Å². The van der Waals surface area contributed by atoms with E-state index in [4.69, 9.17) is 0 Å². The summed E-state index contributed by atoms with van der Waals surface area (Å²) in [6.07, 6.45) is -23.1. The van der Waals surface area contributed by atoms with Crippen LogP contribution in [-0.2, 0) is 43.9 Å². The molecule has 4 aromatic rings. The molecular weight excluding hydrogens is 1120 g/mol. The van der Waals surface area contributed by atoms with Gasteiger partial charge in [-0.05, 0) is 133 Å². The van der Waals surface area contributed by atoms with Crippen LogP contribution in [0.4, 0.5) is 64.1 Å². The van der Waals surface area contributed by atoms with Crippen LogP contribution in [0.3, 0.4) is 0 Å². The minimum absolute atomic E-state index is 0.0651. The largest absolute Gasteiger partial charge is 0.481 e. The topological polar surface area (TPSA) is 162 Å². The average Bonchev–Trinajstić information content (AvgIpc) is 3.60. The first-order chi connectivity index (χ1) is 38.0. The third-order valence-corrected chi connectivity index (χ3v) is 16.2. The molecule has 4 aliphatic heterocycles. The molecule has 0 bridgehead atoms. The van der Waals surface area contributed by atoms with Gasteiger partial charge in [0.15, 0.2) is 0 Å². The van der Waals surface area contributed by atoms with Gasteiger partial charge in [-0.1, -0.05) is 36.0 Å². The number of carboxylic acid groups (broad SMARTS) is 2. The van der Waals surface area contributed by atoms with E-state index in [1.54, 1.807) is 9.80 Å². The van der Waals surface area contributed by atoms with Crippen molar-refractivity contribution < 1.29 is 92.3 Å². The van der Waals surface area contributed by atoms with Crippen LogP contribution in [0.2, 0.25) is 0 Å². The summed E-state index contributed by atoms with van der Waals surface area (Å²) in [5.41, 5.74) is -14.3. The van der Waals surface area contributed by atoms with Crippen molar-refractivity contribution in [3.05, 3.63) is 106 Å². The van der Waals surface area contributed by atoms with E-state index in [0.29, 0.717) is 36.4 Å². The molecule has 4 saturated heterocycles. The summed E-state index contributed by atoms with van der Waals surface area (Å²) in [4.78, 5) is 52.8. The molecule has 8 rings (SSSR count). The predicted octanol–water partition coefficient (Wildman–Crippen LogP) is 11.8. The number of anilines is 2. The smallest absolute Gasteiger partial charge is 0.418 e. The predicted molar refractivity (Wildman–Crippen MR) is 275 cm³/mol. The van der Waals surface area contributed by atoms with Gasteiger partial charge in [-0.25, -0.2) is 0 Å². The van der Waals surface area contributed by atoms with Gasteiger partial charge >= 0.3 is 36.6 Å². The highest BCUT2D eigenvalue weighted by Crippen LogP contribution is 2.55. The third-order valence-electron chi connectivity index (χ3n) is 15.1. The fourth-order valence-corrected chi connectivity index (χ4v) is 12.0. The van der Waals surface area contributed by atoms with Crippen molar-refractivity contribution in [2.45, 2.75) is 98.1 Å². The number of hydrogen-bond acceptors (Lipinski definition) is 9. The van der Waals surface area contributed by atoms with E-state index in [1.807, 2.05) is 0 Å². The number of likely N-dealkylation sites (tertiary alicyclic amines) is 2. The molecule has 0 atom stereocenters. The van der Waals surface area contributed by atoms with Crippen molar-refractivity contribution in [3.8, 4) is 22.3 Å². The second kappa shape index (κ2) is 24.0. The zero-order valence-electron chi connectivity index (χ0n) is 42.9. The van der Waals surface area contributed by atoms with Gasteiger partial charge in [0.25, 0.3) is 0 Å². The van der Waals surface area contributed by atoms with Crippen LogP contribution in [0, 0.1) is 11.8 Å². The van der Waals surface area contributed by atoms with E-state index in [2.05, 4.69) is 0 Å². The molecule has 0 aliphatic carbocycles. The third kappa shape index (κ3) is 14.0. The van der Waals surface area contributed by atoms with Gasteiger partial charge in [0, 0.05) is 85.7 Å². The summed E-state index contributed by atoms with van der Waals surface area (Å²) in [5.74, 6) is -5.59. The lowest BCUT2D eigenvalue weighted by Crippen LogP contribution is -2.39. The first kappa shape index (κ1) is 60.4. The summed E-state index contributed by atoms with van der Waals surface area (Å²) in [6.45, 7) is 0.0831. The van der Waals surface area contributed by atoms with Gasteiger partial charge in [-0.15, -0.1) is 0 Å². The highest BCUT2D eigenvalue weighted by Gasteiger charge is 2.51. The van der Waals surface area contributed by atoms with E-state index in [0.717, 1.165) is 9.80 Å². The molecular formula is C56H54F12N4O8S. The van der Waals surface area contributed by atoms with Crippen LogP contribution >= 0.6 is 11.8 Å². The molecule has 0 unspecified atom stereocenters. The lowest BCUT2D eigenvalue weighted by Gasteiger charge is -2.32. The summed E-state index contributed by atoms with van der Waals surface area (Å²) in [6, 6.07) is 11.3. The molecule has 25 heteroatoms. The average molecular weight is 1170 g/mol. The van der Waals surface area contributed by atoms with Crippen molar-refractivity contribution >= 4 is 59.0 Å². The Morgan fingerprint density at radius 2 is 0.778 bits per heavy atom. The number of benzene rings is 4. The van der Waals surface area contributed by atoms with Crippen molar-refractivity contribution in [3.63, 3.8) is 0 Å². The van der Waals surface area contributed by atoms with Crippen molar-refractivity contribution in [2.75, 3.05) is 62.2 Å². The number of hydrogen-bond donors (Lipinski definition) is 4.